The molecule has 7 heteroatoms. The molecule has 0 spiro atoms. The number of halogens is 1. The molecule has 0 aliphatic carbocycles. The van der Waals surface area contributed by atoms with Gasteiger partial charge in [-0.15, -0.1) is 11.3 Å². The summed E-state index contributed by atoms with van der Waals surface area (Å²) in [7, 11) is 0. The molecule has 0 fully saturated rings. The van der Waals surface area contributed by atoms with Crippen LogP contribution in [-0.2, 0) is 0 Å². The number of rotatable bonds is 5. The molecule has 0 amide bonds. The lowest BCUT2D eigenvalue weighted by Crippen LogP contribution is -2.23. The number of benzene rings is 1. The molecule has 0 N–H and O–H groups in total. The van der Waals surface area contributed by atoms with E-state index in [4.69, 9.17) is 16.3 Å². The van der Waals surface area contributed by atoms with Crippen LogP contribution in [0.25, 0.3) is 0 Å². The van der Waals surface area contributed by atoms with Crippen LogP contribution in [0, 0.1) is 17.0 Å². The first-order valence-electron chi connectivity index (χ1n) is 6.09. The highest BCUT2D eigenvalue weighted by Gasteiger charge is 2.23. The Balaban J connectivity index is 2.23. The number of Topliss-reactive ketones (excluding diaryl/α,β-unsaturated/α-hetero) is 1. The van der Waals surface area contributed by atoms with Crippen molar-refractivity contribution >= 4 is 34.4 Å². The molecule has 0 aliphatic rings. The number of thiophene rings is 1. The molecule has 5 nitrogen and oxygen atoms in total. The van der Waals surface area contributed by atoms with Crippen LogP contribution in [0.1, 0.15) is 22.2 Å². The fraction of sp³-hybridized carbons (Fsp3) is 0.214. The monoisotopic (exact) mass is 325 g/mol. The maximum absolute atomic E-state index is 12.2. The van der Waals surface area contributed by atoms with Crippen molar-refractivity contribution in [2.75, 3.05) is 0 Å². The molecule has 21 heavy (non-hydrogen) atoms. The zero-order chi connectivity index (χ0) is 15.6. The maximum atomic E-state index is 12.2. The maximum Gasteiger partial charge on any atom is 0.310 e. The Hall–Kier alpha value is -1.92. The molecule has 110 valence electrons. The first-order chi connectivity index (χ1) is 9.88. The zero-order valence-electron chi connectivity index (χ0n) is 11.3. The van der Waals surface area contributed by atoms with Crippen molar-refractivity contribution in [2.45, 2.75) is 20.0 Å². The summed E-state index contributed by atoms with van der Waals surface area (Å²) < 4.78 is 5.99. The topological polar surface area (TPSA) is 69.4 Å². The Morgan fingerprint density at radius 3 is 2.67 bits per heavy atom. The third-order valence-corrected chi connectivity index (χ3v) is 4.05. The predicted molar refractivity (Wildman–Crippen MR) is 81.6 cm³/mol. The molecular formula is C14H12ClNO4S. The van der Waals surface area contributed by atoms with E-state index in [0.29, 0.717) is 9.21 Å². The number of nitro benzene ring substituents is 1. The predicted octanol–water partition coefficient (Wildman–Crippen LogP) is 4.27. The van der Waals surface area contributed by atoms with E-state index >= 15 is 0 Å². The molecule has 1 unspecified atom stereocenters. The molecule has 1 heterocycles. The number of nitro groups is 1. The van der Waals surface area contributed by atoms with Crippen molar-refractivity contribution in [3.63, 3.8) is 0 Å². The highest BCUT2D eigenvalue weighted by Crippen LogP contribution is 2.30. The Morgan fingerprint density at radius 1 is 1.38 bits per heavy atom. The van der Waals surface area contributed by atoms with Crippen LogP contribution in [0.3, 0.4) is 0 Å². The minimum Gasteiger partial charge on any atom is -0.475 e. The number of carbonyl (C=O) groups is 1. The largest absolute Gasteiger partial charge is 0.475 e. The highest BCUT2D eigenvalue weighted by molar-refractivity contribution is 7.18. The van der Waals surface area contributed by atoms with Gasteiger partial charge in [0, 0.05) is 6.07 Å². The van der Waals surface area contributed by atoms with E-state index < -0.39 is 11.0 Å². The van der Waals surface area contributed by atoms with Crippen LogP contribution in [0.2, 0.25) is 4.34 Å². The van der Waals surface area contributed by atoms with Gasteiger partial charge in [0.05, 0.1) is 14.1 Å². The van der Waals surface area contributed by atoms with Crippen LogP contribution in [0.4, 0.5) is 5.69 Å². The third kappa shape index (κ3) is 3.59. The normalized spacial score (nSPS) is 12.0. The van der Waals surface area contributed by atoms with E-state index in [2.05, 4.69) is 0 Å². The zero-order valence-corrected chi connectivity index (χ0v) is 12.9. The Bertz CT molecular complexity index is 698. The molecular weight excluding hydrogens is 314 g/mol. The van der Waals surface area contributed by atoms with Gasteiger partial charge in [-0.25, -0.2) is 0 Å². The van der Waals surface area contributed by atoms with Crippen molar-refractivity contribution < 1.29 is 14.5 Å². The van der Waals surface area contributed by atoms with Gasteiger partial charge in [-0.1, -0.05) is 17.7 Å². The Labute approximate surface area is 130 Å². The quantitative estimate of drug-likeness (QED) is 0.467. The number of hydrogen-bond donors (Lipinski definition) is 0. The molecule has 0 bridgehead atoms. The molecule has 0 saturated heterocycles. The molecule has 1 aromatic carbocycles. The van der Waals surface area contributed by atoms with Gasteiger partial charge < -0.3 is 4.74 Å². The van der Waals surface area contributed by atoms with E-state index in [0.717, 1.165) is 16.9 Å². The molecule has 1 atom stereocenters. The molecule has 2 rings (SSSR count). The van der Waals surface area contributed by atoms with Crippen LogP contribution in [-0.4, -0.2) is 16.8 Å². The highest BCUT2D eigenvalue weighted by atomic mass is 35.5. The molecule has 0 radical (unpaired) electrons. The van der Waals surface area contributed by atoms with E-state index in [9.17, 15) is 14.9 Å². The third-order valence-electron chi connectivity index (χ3n) is 2.80. The number of ether oxygens (including phenoxy) is 1. The average Bonchev–Trinajstić information content (AvgIpc) is 2.84. The summed E-state index contributed by atoms with van der Waals surface area (Å²) in [6, 6.07) is 7.77. The first kappa shape index (κ1) is 15.5. The van der Waals surface area contributed by atoms with E-state index in [1.54, 1.807) is 38.1 Å². The van der Waals surface area contributed by atoms with E-state index in [1.807, 2.05) is 0 Å². The minimum absolute atomic E-state index is 0.0866. The lowest BCUT2D eigenvalue weighted by molar-refractivity contribution is -0.386. The van der Waals surface area contributed by atoms with Crippen LogP contribution in [0.15, 0.2) is 30.3 Å². The van der Waals surface area contributed by atoms with Crippen molar-refractivity contribution in [1.29, 1.82) is 0 Å². The number of carbonyl (C=O) groups excluding carboxylic acids is 1. The molecule has 0 aliphatic heterocycles. The molecule has 0 saturated carbocycles. The van der Waals surface area contributed by atoms with Crippen LogP contribution in [0.5, 0.6) is 5.75 Å². The summed E-state index contributed by atoms with van der Waals surface area (Å²) in [6.45, 7) is 3.35. The van der Waals surface area contributed by atoms with Gasteiger partial charge in [-0.3, -0.25) is 14.9 Å². The average molecular weight is 326 g/mol. The van der Waals surface area contributed by atoms with Gasteiger partial charge in [0.1, 0.15) is 0 Å². The van der Waals surface area contributed by atoms with E-state index in [-0.39, 0.29) is 17.2 Å². The van der Waals surface area contributed by atoms with Gasteiger partial charge in [-0.2, -0.15) is 0 Å². The van der Waals surface area contributed by atoms with Crippen molar-refractivity contribution in [2.24, 2.45) is 0 Å². The lowest BCUT2D eigenvalue weighted by atomic mass is 10.2. The van der Waals surface area contributed by atoms with Gasteiger partial charge in [0.2, 0.25) is 5.78 Å². The van der Waals surface area contributed by atoms with Gasteiger partial charge >= 0.3 is 5.69 Å². The standard InChI is InChI=1S/C14H12ClNO4S/c1-8-3-4-10(16(18)19)11(7-8)20-9(2)14(17)12-5-6-13(15)21-12/h3-7,9H,1-2H3. The summed E-state index contributed by atoms with van der Waals surface area (Å²) in [5, 5.41) is 11.0. The summed E-state index contributed by atoms with van der Waals surface area (Å²) in [4.78, 5) is 23.1. The summed E-state index contributed by atoms with van der Waals surface area (Å²) in [6.07, 6.45) is -0.833. The van der Waals surface area contributed by atoms with Crippen molar-refractivity contribution in [1.82, 2.24) is 0 Å². The van der Waals surface area contributed by atoms with E-state index in [1.165, 1.54) is 6.07 Å². The van der Waals surface area contributed by atoms with Gasteiger partial charge in [0.25, 0.3) is 0 Å². The Morgan fingerprint density at radius 2 is 2.10 bits per heavy atom. The fourth-order valence-corrected chi connectivity index (χ4v) is 2.82. The van der Waals surface area contributed by atoms with Gasteiger partial charge in [0.15, 0.2) is 11.9 Å². The number of aryl methyl sites for hydroxylation is 1. The summed E-state index contributed by atoms with van der Waals surface area (Å²) >= 11 is 6.94. The SMILES string of the molecule is Cc1ccc([N+](=O)[O-])c(OC(C)C(=O)c2ccc(Cl)s2)c1. The number of nitrogens with zero attached hydrogens (tertiary/aromatic N) is 1. The number of ketones is 1. The smallest absolute Gasteiger partial charge is 0.310 e. The second-order valence-corrected chi connectivity index (χ2v) is 6.17. The van der Waals surface area contributed by atoms with Crippen LogP contribution >= 0.6 is 22.9 Å². The van der Waals surface area contributed by atoms with Crippen molar-refractivity contribution in [3.8, 4) is 5.75 Å². The lowest BCUT2D eigenvalue weighted by Gasteiger charge is -2.13. The second kappa shape index (κ2) is 6.24. The fourth-order valence-electron chi connectivity index (χ4n) is 1.76. The molecule has 1 aromatic heterocycles. The van der Waals surface area contributed by atoms with Crippen LogP contribution < -0.4 is 4.74 Å². The molecule has 2 aromatic rings. The Kier molecular flexibility index (Phi) is 4.59. The van der Waals surface area contributed by atoms with Crippen molar-refractivity contribution in [3.05, 3.63) is 55.2 Å². The minimum atomic E-state index is -0.833. The second-order valence-electron chi connectivity index (χ2n) is 4.46. The summed E-state index contributed by atoms with van der Waals surface area (Å²) in [5.74, 6) is -0.175. The van der Waals surface area contributed by atoms with Gasteiger partial charge in [-0.05, 0) is 37.6 Å². The summed E-state index contributed by atoms with van der Waals surface area (Å²) in [5.41, 5.74) is 0.652. The number of hydrogen-bond acceptors (Lipinski definition) is 5. The first-order valence-corrected chi connectivity index (χ1v) is 7.29.